The molecule has 0 aliphatic carbocycles. The number of nitrogens with one attached hydrogen (secondary N) is 2. The van der Waals surface area contributed by atoms with Crippen LogP contribution < -0.4 is 10.6 Å². The van der Waals surface area contributed by atoms with Crippen LogP contribution in [-0.4, -0.2) is 61.8 Å². The average molecular weight is 253 g/mol. The number of carbonyl (C=O) groups excluding carboxylic acids is 1. The molecule has 0 bridgehead atoms. The van der Waals surface area contributed by atoms with Gasteiger partial charge in [-0.1, -0.05) is 0 Å². The summed E-state index contributed by atoms with van der Waals surface area (Å²) in [6, 6.07) is 0.402. The molecule has 3 fully saturated rings. The molecule has 1 amide bonds. The molecule has 5 nitrogen and oxygen atoms in total. The molecule has 2 N–H and O–H groups in total. The number of fused-ring (bicyclic) bond motifs is 1. The van der Waals surface area contributed by atoms with E-state index in [0.29, 0.717) is 6.04 Å². The van der Waals surface area contributed by atoms with Gasteiger partial charge in [-0.05, 0) is 38.9 Å². The van der Waals surface area contributed by atoms with Gasteiger partial charge in [0.2, 0.25) is 5.91 Å². The minimum Gasteiger partial charge on any atom is -0.363 e. The van der Waals surface area contributed by atoms with Gasteiger partial charge in [0.1, 0.15) is 6.10 Å². The number of hydrogen-bond donors (Lipinski definition) is 2. The van der Waals surface area contributed by atoms with Crippen molar-refractivity contribution in [2.24, 2.45) is 0 Å². The van der Waals surface area contributed by atoms with Gasteiger partial charge in [0.05, 0.1) is 6.10 Å². The Balaban J connectivity index is 1.36. The second kappa shape index (κ2) is 5.55. The smallest absolute Gasteiger partial charge is 0.249 e. The van der Waals surface area contributed by atoms with E-state index in [0.717, 1.165) is 32.5 Å². The topological polar surface area (TPSA) is 53.6 Å². The van der Waals surface area contributed by atoms with Gasteiger partial charge < -0.3 is 20.3 Å². The Kier molecular flexibility index (Phi) is 3.82. The zero-order valence-corrected chi connectivity index (χ0v) is 10.9. The van der Waals surface area contributed by atoms with Crippen LogP contribution in [0.15, 0.2) is 0 Å². The molecule has 3 aliphatic heterocycles. The molecule has 0 radical (unpaired) electrons. The van der Waals surface area contributed by atoms with E-state index in [1.165, 1.54) is 25.9 Å². The molecular weight excluding hydrogens is 230 g/mol. The second-order valence-electron chi connectivity index (χ2n) is 5.59. The van der Waals surface area contributed by atoms with E-state index in [2.05, 4.69) is 15.5 Å². The lowest BCUT2D eigenvalue weighted by molar-refractivity contribution is -0.132. The van der Waals surface area contributed by atoms with Gasteiger partial charge >= 0.3 is 0 Å². The van der Waals surface area contributed by atoms with Crippen molar-refractivity contribution in [1.29, 1.82) is 0 Å². The first kappa shape index (κ1) is 12.4. The first-order valence-electron chi connectivity index (χ1n) is 7.22. The molecule has 18 heavy (non-hydrogen) atoms. The van der Waals surface area contributed by atoms with Crippen molar-refractivity contribution >= 4 is 5.91 Å². The van der Waals surface area contributed by atoms with Crippen molar-refractivity contribution in [3.05, 3.63) is 0 Å². The van der Waals surface area contributed by atoms with E-state index < -0.39 is 0 Å². The van der Waals surface area contributed by atoms with E-state index in [1.807, 2.05) is 0 Å². The van der Waals surface area contributed by atoms with Crippen LogP contribution in [0.5, 0.6) is 0 Å². The maximum atomic E-state index is 12.0. The normalized spacial score (nSPS) is 35.9. The Morgan fingerprint density at radius 2 is 2.22 bits per heavy atom. The van der Waals surface area contributed by atoms with Crippen LogP contribution >= 0.6 is 0 Å². The molecule has 3 heterocycles. The summed E-state index contributed by atoms with van der Waals surface area (Å²) >= 11 is 0. The molecule has 3 atom stereocenters. The standard InChI is InChI=1S/C13H23N3O2/c17-13(15-5-8-16-6-1-2-7-16)12-9-10-11(18-12)3-4-14-10/h10-12,14H,1-9H2,(H,15,17)/t10-,11-,12-/m1/s1. The van der Waals surface area contributed by atoms with E-state index in [1.54, 1.807) is 0 Å². The van der Waals surface area contributed by atoms with Gasteiger partial charge in [0, 0.05) is 25.6 Å². The average Bonchev–Trinajstić information content (AvgIpc) is 3.04. The highest BCUT2D eigenvalue weighted by Crippen LogP contribution is 2.26. The van der Waals surface area contributed by atoms with Gasteiger partial charge in [0.15, 0.2) is 0 Å². The fraction of sp³-hybridized carbons (Fsp3) is 0.923. The summed E-state index contributed by atoms with van der Waals surface area (Å²) in [7, 11) is 0. The molecule has 0 saturated carbocycles. The zero-order chi connectivity index (χ0) is 12.4. The molecule has 0 aromatic carbocycles. The lowest BCUT2D eigenvalue weighted by Crippen LogP contribution is -2.39. The van der Waals surface area contributed by atoms with E-state index in [9.17, 15) is 4.79 Å². The maximum absolute atomic E-state index is 12.0. The summed E-state index contributed by atoms with van der Waals surface area (Å²) in [5.41, 5.74) is 0. The lowest BCUT2D eigenvalue weighted by Gasteiger charge is -2.16. The van der Waals surface area contributed by atoms with Crippen molar-refractivity contribution < 1.29 is 9.53 Å². The summed E-state index contributed by atoms with van der Waals surface area (Å²) in [5.74, 6) is 0.0744. The van der Waals surface area contributed by atoms with Crippen molar-refractivity contribution in [3.63, 3.8) is 0 Å². The van der Waals surface area contributed by atoms with Crippen LogP contribution in [0.4, 0.5) is 0 Å². The summed E-state index contributed by atoms with van der Waals surface area (Å²) in [6.45, 7) is 5.12. The van der Waals surface area contributed by atoms with Crippen LogP contribution in [0.3, 0.4) is 0 Å². The molecule has 0 aromatic heterocycles. The first-order valence-corrected chi connectivity index (χ1v) is 7.22. The van der Waals surface area contributed by atoms with Crippen LogP contribution in [0.2, 0.25) is 0 Å². The van der Waals surface area contributed by atoms with Gasteiger partial charge in [-0.3, -0.25) is 4.79 Å². The third-order valence-electron chi connectivity index (χ3n) is 4.31. The Labute approximate surface area is 108 Å². The largest absolute Gasteiger partial charge is 0.363 e. The number of hydrogen-bond acceptors (Lipinski definition) is 4. The molecular formula is C13H23N3O2. The molecule has 102 valence electrons. The summed E-state index contributed by atoms with van der Waals surface area (Å²) in [4.78, 5) is 14.4. The molecule has 0 aromatic rings. The monoisotopic (exact) mass is 253 g/mol. The van der Waals surface area contributed by atoms with Crippen LogP contribution in [0.1, 0.15) is 25.7 Å². The summed E-state index contributed by atoms with van der Waals surface area (Å²) in [6.07, 6.45) is 4.51. The molecule has 3 rings (SSSR count). The van der Waals surface area contributed by atoms with Gasteiger partial charge in [-0.15, -0.1) is 0 Å². The molecule has 0 spiro atoms. The fourth-order valence-electron chi connectivity index (χ4n) is 3.26. The molecule has 5 heteroatoms. The van der Waals surface area contributed by atoms with Crippen molar-refractivity contribution in [2.75, 3.05) is 32.7 Å². The number of amides is 1. The predicted octanol–water partition coefficient (Wildman–Crippen LogP) is -0.282. The van der Waals surface area contributed by atoms with Gasteiger partial charge in [0.25, 0.3) is 0 Å². The second-order valence-corrected chi connectivity index (χ2v) is 5.59. The quantitative estimate of drug-likeness (QED) is 0.723. The van der Waals surface area contributed by atoms with E-state index in [-0.39, 0.29) is 18.1 Å². The number of carbonyl (C=O) groups is 1. The highest BCUT2D eigenvalue weighted by Gasteiger charge is 2.41. The van der Waals surface area contributed by atoms with Crippen molar-refractivity contribution in [1.82, 2.24) is 15.5 Å². The number of ether oxygens (including phenoxy) is 1. The number of likely N-dealkylation sites (tertiary alicyclic amines) is 1. The van der Waals surface area contributed by atoms with Crippen LogP contribution in [0.25, 0.3) is 0 Å². The molecule has 0 unspecified atom stereocenters. The van der Waals surface area contributed by atoms with Gasteiger partial charge in [-0.2, -0.15) is 0 Å². The lowest BCUT2D eigenvalue weighted by atomic mass is 10.1. The Bertz CT molecular complexity index is 293. The Morgan fingerprint density at radius 1 is 1.39 bits per heavy atom. The summed E-state index contributed by atoms with van der Waals surface area (Å²) < 4.78 is 5.78. The van der Waals surface area contributed by atoms with Crippen LogP contribution in [0, 0.1) is 0 Å². The van der Waals surface area contributed by atoms with Crippen LogP contribution in [-0.2, 0) is 9.53 Å². The third kappa shape index (κ3) is 2.68. The maximum Gasteiger partial charge on any atom is 0.249 e. The third-order valence-corrected chi connectivity index (χ3v) is 4.31. The Morgan fingerprint density at radius 3 is 3.00 bits per heavy atom. The zero-order valence-electron chi connectivity index (χ0n) is 10.9. The van der Waals surface area contributed by atoms with Crippen molar-refractivity contribution in [3.8, 4) is 0 Å². The minimum atomic E-state index is -0.230. The summed E-state index contributed by atoms with van der Waals surface area (Å²) in [5, 5.41) is 6.40. The fourth-order valence-corrected chi connectivity index (χ4v) is 3.26. The highest BCUT2D eigenvalue weighted by molar-refractivity contribution is 5.81. The number of rotatable bonds is 4. The predicted molar refractivity (Wildman–Crippen MR) is 68.4 cm³/mol. The molecule has 3 aliphatic rings. The van der Waals surface area contributed by atoms with E-state index in [4.69, 9.17) is 4.74 Å². The Hall–Kier alpha value is -0.650. The SMILES string of the molecule is O=C(NCCN1CCCC1)[C@H]1C[C@H]2NCC[C@H]2O1. The minimum absolute atomic E-state index is 0.0744. The number of nitrogens with zero attached hydrogens (tertiary/aromatic N) is 1. The molecule has 3 saturated heterocycles. The van der Waals surface area contributed by atoms with Gasteiger partial charge in [-0.25, -0.2) is 0 Å². The highest BCUT2D eigenvalue weighted by atomic mass is 16.5. The first-order chi connectivity index (χ1) is 8.83. The van der Waals surface area contributed by atoms with Crippen molar-refractivity contribution in [2.45, 2.75) is 43.9 Å². The van der Waals surface area contributed by atoms with E-state index >= 15 is 0 Å².